The van der Waals surface area contributed by atoms with Crippen LogP contribution in [0.2, 0.25) is 0 Å². The van der Waals surface area contributed by atoms with Gasteiger partial charge >= 0.3 is 18.3 Å². The second kappa shape index (κ2) is 5.20. The molecule has 1 rings (SSSR count). The van der Waals surface area contributed by atoms with Crippen LogP contribution in [0.15, 0.2) is 23.1 Å². The molecule has 0 bridgehead atoms. The summed E-state index contributed by atoms with van der Waals surface area (Å²) >= 11 is 0. The highest BCUT2D eigenvalue weighted by molar-refractivity contribution is 7.92. The van der Waals surface area contributed by atoms with Crippen molar-refractivity contribution in [2.24, 2.45) is 0 Å². The minimum Gasteiger partial charge on any atom is -0.480 e. The molecule has 0 aliphatic carbocycles. The average Bonchev–Trinajstić information content (AvgIpc) is 2.24. The molecule has 1 N–H and O–H groups in total. The lowest BCUT2D eigenvalue weighted by Crippen LogP contribution is -2.18. The van der Waals surface area contributed by atoms with Gasteiger partial charge in [0.15, 0.2) is 15.6 Å². The third-order valence-corrected chi connectivity index (χ3v) is 3.81. The van der Waals surface area contributed by atoms with Crippen LogP contribution < -0.4 is 0 Å². The molecule has 0 radical (unpaired) electrons. The first-order valence-corrected chi connectivity index (χ1v) is 6.63. The highest BCUT2D eigenvalue weighted by atomic mass is 32.2. The smallest absolute Gasteiger partial charge is 0.416 e. The summed E-state index contributed by atoms with van der Waals surface area (Å²) in [6.07, 6.45) is -10.4. The van der Waals surface area contributed by atoms with Gasteiger partial charge in [0.1, 0.15) is 0 Å². The number of aliphatic carboxylic acids is 1. The lowest BCUT2D eigenvalue weighted by atomic mass is 10.1. The van der Waals surface area contributed by atoms with Crippen molar-refractivity contribution >= 4 is 15.8 Å². The first kappa shape index (κ1) is 17.3. The Morgan fingerprint density at radius 3 is 1.62 bits per heavy atom. The standard InChI is InChI=1S/C10H6F6O4S/c11-9(12,13)5-1-6(10(14,15)16)3-7(2-5)21(19,20)4-8(17)18/h1-3H,4H2,(H,17,18). The Kier molecular flexibility index (Phi) is 4.28. The van der Waals surface area contributed by atoms with Gasteiger partial charge in [-0.15, -0.1) is 0 Å². The second-order valence-electron chi connectivity index (χ2n) is 3.89. The van der Waals surface area contributed by atoms with Crippen LogP contribution in [-0.2, 0) is 27.0 Å². The minimum absolute atomic E-state index is 0.0342. The number of halogens is 6. The number of rotatable bonds is 3. The summed E-state index contributed by atoms with van der Waals surface area (Å²) in [7, 11) is -4.82. The van der Waals surface area contributed by atoms with Crippen LogP contribution >= 0.6 is 0 Å². The molecule has 11 heteroatoms. The predicted octanol–water partition coefficient (Wildman–Crippen LogP) is 2.58. The maximum atomic E-state index is 12.5. The molecule has 0 saturated heterocycles. The lowest BCUT2D eigenvalue weighted by molar-refractivity contribution is -0.143. The van der Waals surface area contributed by atoms with Crippen molar-refractivity contribution < 1.29 is 44.7 Å². The third kappa shape index (κ3) is 4.34. The van der Waals surface area contributed by atoms with Crippen LogP contribution in [0.5, 0.6) is 0 Å². The van der Waals surface area contributed by atoms with Crippen LogP contribution in [0.4, 0.5) is 26.3 Å². The topological polar surface area (TPSA) is 71.4 Å². The summed E-state index contributed by atoms with van der Waals surface area (Å²) in [4.78, 5) is 8.97. The summed E-state index contributed by atoms with van der Waals surface area (Å²) < 4.78 is 98.0. The number of alkyl halides is 6. The number of benzene rings is 1. The summed E-state index contributed by atoms with van der Waals surface area (Å²) in [5.41, 5.74) is -3.66. The van der Waals surface area contributed by atoms with Gasteiger partial charge in [-0.25, -0.2) is 8.42 Å². The van der Waals surface area contributed by atoms with E-state index in [1.807, 2.05) is 0 Å². The molecule has 0 amide bonds. The maximum Gasteiger partial charge on any atom is 0.416 e. The van der Waals surface area contributed by atoms with Crippen molar-refractivity contribution in [1.82, 2.24) is 0 Å². The number of carbonyl (C=O) groups is 1. The second-order valence-corrected chi connectivity index (χ2v) is 5.88. The van der Waals surface area contributed by atoms with E-state index in [0.717, 1.165) is 0 Å². The van der Waals surface area contributed by atoms with E-state index in [9.17, 15) is 39.6 Å². The molecule has 0 aromatic heterocycles. The fraction of sp³-hybridized carbons (Fsp3) is 0.300. The fourth-order valence-corrected chi connectivity index (χ4v) is 2.46. The third-order valence-electron chi connectivity index (χ3n) is 2.23. The number of sulfone groups is 1. The van der Waals surface area contributed by atoms with E-state index in [-0.39, 0.29) is 18.2 Å². The molecule has 0 unspecified atom stereocenters. The summed E-state index contributed by atoms with van der Waals surface area (Å²) in [5.74, 6) is -3.52. The predicted molar refractivity (Wildman–Crippen MR) is 56.1 cm³/mol. The first-order chi connectivity index (χ1) is 9.23. The number of hydrogen-bond donors (Lipinski definition) is 1. The Hall–Kier alpha value is -1.78. The Bertz CT molecular complexity index is 627. The van der Waals surface area contributed by atoms with Crippen molar-refractivity contribution in [2.75, 3.05) is 5.75 Å². The van der Waals surface area contributed by atoms with Gasteiger partial charge in [0, 0.05) is 0 Å². The van der Waals surface area contributed by atoms with Gasteiger partial charge in [-0.05, 0) is 18.2 Å². The van der Waals surface area contributed by atoms with E-state index in [2.05, 4.69) is 0 Å². The van der Waals surface area contributed by atoms with Gasteiger partial charge in [0.25, 0.3) is 0 Å². The highest BCUT2D eigenvalue weighted by Gasteiger charge is 2.38. The fourth-order valence-electron chi connectivity index (χ4n) is 1.35. The molecule has 1 aromatic carbocycles. The molecule has 0 heterocycles. The van der Waals surface area contributed by atoms with Crippen LogP contribution in [0.1, 0.15) is 11.1 Å². The molecular weight excluding hydrogens is 330 g/mol. The zero-order chi connectivity index (χ0) is 16.6. The van der Waals surface area contributed by atoms with Crippen LogP contribution in [-0.4, -0.2) is 25.2 Å². The summed E-state index contributed by atoms with van der Waals surface area (Å²) in [5, 5.41) is 8.35. The summed E-state index contributed by atoms with van der Waals surface area (Å²) in [6, 6.07) is -0.319. The molecule has 0 fully saturated rings. The molecule has 0 aliphatic rings. The van der Waals surface area contributed by atoms with Gasteiger partial charge in [0.2, 0.25) is 0 Å². The van der Waals surface area contributed by atoms with Gasteiger partial charge < -0.3 is 5.11 Å². The van der Waals surface area contributed by atoms with E-state index >= 15 is 0 Å². The van der Waals surface area contributed by atoms with Crippen molar-refractivity contribution in [3.8, 4) is 0 Å². The average molecular weight is 336 g/mol. The van der Waals surface area contributed by atoms with E-state index in [1.165, 1.54) is 0 Å². The number of carboxylic acid groups (broad SMARTS) is 1. The SMILES string of the molecule is O=C(O)CS(=O)(=O)c1cc(C(F)(F)F)cc(C(F)(F)F)c1. The Morgan fingerprint density at radius 2 is 1.33 bits per heavy atom. The van der Waals surface area contributed by atoms with E-state index < -0.39 is 49.9 Å². The normalized spacial score (nSPS) is 13.2. The molecule has 21 heavy (non-hydrogen) atoms. The van der Waals surface area contributed by atoms with Gasteiger partial charge in [-0.3, -0.25) is 4.79 Å². The van der Waals surface area contributed by atoms with Crippen molar-refractivity contribution in [3.05, 3.63) is 29.3 Å². The van der Waals surface area contributed by atoms with Gasteiger partial charge in [0.05, 0.1) is 16.0 Å². The molecule has 0 aliphatic heterocycles. The molecule has 118 valence electrons. The zero-order valence-electron chi connectivity index (χ0n) is 9.79. The van der Waals surface area contributed by atoms with Crippen LogP contribution in [0.3, 0.4) is 0 Å². The first-order valence-electron chi connectivity index (χ1n) is 4.97. The highest BCUT2D eigenvalue weighted by Crippen LogP contribution is 2.37. The zero-order valence-corrected chi connectivity index (χ0v) is 10.6. The summed E-state index contributed by atoms with van der Waals surface area (Å²) in [6.45, 7) is 0. The molecule has 0 spiro atoms. The Labute approximate surface area is 113 Å². The minimum atomic E-state index is -5.21. The number of carboxylic acids is 1. The lowest BCUT2D eigenvalue weighted by Gasteiger charge is -2.13. The van der Waals surface area contributed by atoms with Gasteiger partial charge in [-0.1, -0.05) is 0 Å². The van der Waals surface area contributed by atoms with E-state index in [4.69, 9.17) is 5.11 Å². The largest absolute Gasteiger partial charge is 0.480 e. The van der Waals surface area contributed by atoms with E-state index in [1.54, 1.807) is 0 Å². The van der Waals surface area contributed by atoms with Crippen LogP contribution in [0.25, 0.3) is 0 Å². The Balaban J connectivity index is 3.57. The van der Waals surface area contributed by atoms with Gasteiger partial charge in [-0.2, -0.15) is 26.3 Å². The molecule has 1 aromatic rings. The molecule has 4 nitrogen and oxygen atoms in total. The van der Waals surface area contributed by atoms with Crippen LogP contribution in [0, 0.1) is 0 Å². The van der Waals surface area contributed by atoms with Crippen molar-refractivity contribution in [2.45, 2.75) is 17.2 Å². The Morgan fingerprint density at radius 1 is 0.952 bits per heavy atom. The van der Waals surface area contributed by atoms with Crippen molar-refractivity contribution in [1.29, 1.82) is 0 Å². The molecular formula is C10H6F6O4S. The van der Waals surface area contributed by atoms with Crippen molar-refractivity contribution in [3.63, 3.8) is 0 Å². The molecule has 0 atom stereocenters. The number of hydrogen-bond acceptors (Lipinski definition) is 3. The molecule has 0 saturated carbocycles. The quantitative estimate of drug-likeness (QED) is 0.861. The monoisotopic (exact) mass is 336 g/mol. The van der Waals surface area contributed by atoms with E-state index in [0.29, 0.717) is 0 Å². The maximum absolute atomic E-state index is 12.5.